The van der Waals surface area contributed by atoms with Crippen LogP contribution in [0.25, 0.3) is 0 Å². The standard InChI is InChI=1S/C10H14O2Si/c1-10(2,3)13-7-4-5-8(11)9(12)6-7/h4-6,11-12H,1-3H3. The van der Waals surface area contributed by atoms with Gasteiger partial charge in [0.2, 0.25) is 0 Å². The van der Waals surface area contributed by atoms with E-state index in [1.54, 1.807) is 6.07 Å². The SMILES string of the molecule is CC(C)(C)[Si]c1ccc(O)c(O)c1. The van der Waals surface area contributed by atoms with E-state index in [4.69, 9.17) is 5.11 Å². The van der Waals surface area contributed by atoms with Crippen LogP contribution in [0, 0.1) is 0 Å². The van der Waals surface area contributed by atoms with Gasteiger partial charge >= 0.3 is 0 Å². The summed E-state index contributed by atoms with van der Waals surface area (Å²) in [5, 5.41) is 19.6. The van der Waals surface area contributed by atoms with Crippen LogP contribution in [0.5, 0.6) is 11.5 Å². The molecule has 2 nitrogen and oxygen atoms in total. The van der Waals surface area contributed by atoms with Crippen LogP contribution in [0.1, 0.15) is 20.8 Å². The fourth-order valence-electron chi connectivity index (χ4n) is 1.03. The van der Waals surface area contributed by atoms with Crippen molar-refractivity contribution in [2.75, 3.05) is 0 Å². The molecule has 0 aliphatic carbocycles. The van der Waals surface area contributed by atoms with Crippen molar-refractivity contribution in [3.05, 3.63) is 18.2 Å². The van der Waals surface area contributed by atoms with E-state index in [2.05, 4.69) is 20.8 Å². The van der Waals surface area contributed by atoms with E-state index in [1.165, 1.54) is 6.07 Å². The van der Waals surface area contributed by atoms with E-state index in [0.29, 0.717) is 9.52 Å². The smallest absolute Gasteiger partial charge is 0.157 e. The summed E-state index contributed by atoms with van der Waals surface area (Å²) < 4.78 is 0. The molecular weight excluding hydrogens is 180 g/mol. The highest BCUT2D eigenvalue weighted by molar-refractivity contribution is 6.56. The minimum absolute atomic E-state index is 0.0331. The Morgan fingerprint density at radius 2 is 1.69 bits per heavy atom. The summed E-state index contributed by atoms with van der Waals surface area (Å²) in [6.45, 7) is 6.44. The molecule has 0 amide bonds. The summed E-state index contributed by atoms with van der Waals surface area (Å²) in [6.07, 6.45) is 0. The molecule has 1 aromatic rings. The summed E-state index contributed by atoms with van der Waals surface area (Å²) >= 11 is 0. The zero-order valence-electron chi connectivity index (χ0n) is 8.13. The van der Waals surface area contributed by atoms with Gasteiger partial charge in [-0.2, -0.15) is 0 Å². The van der Waals surface area contributed by atoms with Gasteiger partial charge in [0.1, 0.15) is 0 Å². The Morgan fingerprint density at radius 3 is 2.15 bits per heavy atom. The van der Waals surface area contributed by atoms with Gasteiger partial charge in [0.05, 0.1) is 9.52 Å². The number of rotatable bonds is 1. The van der Waals surface area contributed by atoms with E-state index in [0.717, 1.165) is 5.19 Å². The van der Waals surface area contributed by atoms with Gasteiger partial charge < -0.3 is 10.2 Å². The minimum Gasteiger partial charge on any atom is -0.504 e. The molecular formula is C10H14O2Si. The molecule has 0 atom stereocenters. The van der Waals surface area contributed by atoms with Gasteiger partial charge in [-0.25, -0.2) is 0 Å². The van der Waals surface area contributed by atoms with Gasteiger partial charge in [-0.3, -0.25) is 0 Å². The van der Waals surface area contributed by atoms with Crippen molar-refractivity contribution in [2.24, 2.45) is 0 Å². The van der Waals surface area contributed by atoms with Crippen molar-refractivity contribution in [3.63, 3.8) is 0 Å². The molecule has 70 valence electrons. The first-order chi connectivity index (χ1) is 5.88. The number of phenols is 2. The third-order valence-electron chi connectivity index (χ3n) is 1.49. The van der Waals surface area contributed by atoms with Crippen LogP contribution in [0.15, 0.2) is 18.2 Å². The first-order valence-electron chi connectivity index (χ1n) is 4.19. The second-order valence-corrected chi connectivity index (χ2v) is 6.41. The monoisotopic (exact) mass is 194 g/mol. The predicted molar refractivity (Wildman–Crippen MR) is 54.9 cm³/mol. The van der Waals surface area contributed by atoms with Crippen molar-refractivity contribution in [1.82, 2.24) is 0 Å². The summed E-state index contributed by atoms with van der Waals surface area (Å²) in [7, 11) is 0.635. The Labute approximate surface area is 81.1 Å². The van der Waals surface area contributed by atoms with Crippen molar-refractivity contribution in [2.45, 2.75) is 25.8 Å². The molecule has 0 saturated heterocycles. The fraction of sp³-hybridized carbons (Fsp3) is 0.400. The lowest BCUT2D eigenvalue weighted by Crippen LogP contribution is -2.22. The van der Waals surface area contributed by atoms with Crippen molar-refractivity contribution < 1.29 is 10.2 Å². The maximum atomic E-state index is 9.25. The maximum absolute atomic E-state index is 9.25. The van der Waals surface area contributed by atoms with Crippen LogP contribution in [0.2, 0.25) is 5.04 Å². The Balaban J connectivity index is 2.86. The molecule has 1 rings (SSSR count). The zero-order valence-corrected chi connectivity index (χ0v) is 9.13. The molecule has 2 radical (unpaired) electrons. The molecule has 13 heavy (non-hydrogen) atoms. The molecule has 3 heteroatoms. The van der Waals surface area contributed by atoms with Crippen LogP contribution >= 0.6 is 0 Å². The van der Waals surface area contributed by atoms with E-state index < -0.39 is 0 Å². The molecule has 0 unspecified atom stereocenters. The van der Waals surface area contributed by atoms with Gasteiger partial charge in [0.25, 0.3) is 0 Å². The van der Waals surface area contributed by atoms with Crippen LogP contribution in [0.4, 0.5) is 0 Å². The van der Waals surface area contributed by atoms with E-state index >= 15 is 0 Å². The quantitative estimate of drug-likeness (QED) is 0.527. The van der Waals surface area contributed by atoms with Crippen molar-refractivity contribution in [1.29, 1.82) is 0 Å². The average molecular weight is 194 g/mol. The second-order valence-electron chi connectivity index (χ2n) is 4.08. The van der Waals surface area contributed by atoms with Gasteiger partial charge in [0, 0.05) is 0 Å². The zero-order chi connectivity index (χ0) is 10.1. The molecule has 0 spiro atoms. The summed E-state index contributed by atoms with van der Waals surface area (Å²) in [5.74, 6) is -0.0864. The number of hydrogen-bond donors (Lipinski definition) is 2. The Morgan fingerprint density at radius 1 is 1.08 bits per heavy atom. The lowest BCUT2D eigenvalue weighted by Gasteiger charge is -2.16. The van der Waals surface area contributed by atoms with Crippen LogP contribution < -0.4 is 5.19 Å². The van der Waals surface area contributed by atoms with E-state index in [-0.39, 0.29) is 16.5 Å². The molecule has 1 aromatic carbocycles. The number of phenolic OH excluding ortho intramolecular Hbond substituents is 2. The molecule has 0 fully saturated rings. The van der Waals surface area contributed by atoms with Crippen LogP contribution in [-0.2, 0) is 0 Å². The lowest BCUT2D eigenvalue weighted by molar-refractivity contribution is 0.404. The third kappa shape index (κ3) is 3.11. The number of hydrogen-bond acceptors (Lipinski definition) is 2. The molecule has 0 saturated carbocycles. The van der Waals surface area contributed by atoms with Crippen LogP contribution in [-0.4, -0.2) is 19.7 Å². The Hall–Kier alpha value is -0.963. The van der Waals surface area contributed by atoms with Gasteiger partial charge in [0.15, 0.2) is 11.5 Å². The average Bonchev–Trinajstić information content (AvgIpc) is 1.94. The van der Waals surface area contributed by atoms with E-state index in [1.807, 2.05) is 6.07 Å². The topological polar surface area (TPSA) is 40.5 Å². The highest BCUT2D eigenvalue weighted by Crippen LogP contribution is 2.24. The van der Waals surface area contributed by atoms with E-state index in [9.17, 15) is 5.11 Å². The molecule has 0 heterocycles. The second kappa shape index (κ2) is 3.42. The highest BCUT2D eigenvalue weighted by atomic mass is 28.2. The molecule has 0 aliphatic heterocycles. The van der Waals surface area contributed by atoms with Gasteiger partial charge in [-0.1, -0.05) is 32.0 Å². The summed E-state index contributed by atoms with van der Waals surface area (Å²) in [5.41, 5.74) is 0. The normalized spacial score (nSPS) is 11.6. The summed E-state index contributed by atoms with van der Waals surface area (Å²) in [4.78, 5) is 0. The molecule has 2 N–H and O–H groups in total. The number of aromatic hydroxyl groups is 2. The van der Waals surface area contributed by atoms with Crippen molar-refractivity contribution in [3.8, 4) is 11.5 Å². The number of benzene rings is 1. The van der Waals surface area contributed by atoms with Crippen LogP contribution in [0.3, 0.4) is 0 Å². The molecule has 0 aromatic heterocycles. The van der Waals surface area contributed by atoms with Crippen molar-refractivity contribution >= 4 is 14.7 Å². The minimum atomic E-state index is -0.0533. The predicted octanol–water partition coefficient (Wildman–Crippen LogP) is 1.65. The van der Waals surface area contributed by atoms with Gasteiger partial charge in [-0.05, 0) is 17.2 Å². The third-order valence-corrected chi connectivity index (χ3v) is 2.84. The summed E-state index contributed by atoms with van der Waals surface area (Å²) in [6, 6.07) is 5.00. The Bertz CT molecular complexity index is 302. The first kappa shape index (κ1) is 10.1. The fourth-order valence-corrected chi connectivity index (χ4v) is 2.28. The molecule has 0 aliphatic rings. The molecule has 0 bridgehead atoms. The highest BCUT2D eigenvalue weighted by Gasteiger charge is 2.13. The largest absolute Gasteiger partial charge is 0.504 e. The Kier molecular flexibility index (Phi) is 2.66. The maximum Gasteiger partial charge on any atom is 0.157 e. The first-order valence-corrected chi connectivity index (χ1v) is 5.19. The van der Waals surface area contributed by atoms with Gasteiger partial charge in [-0.15, -0.1) is 0 Å². The lowest BCUT2D eigenvalue weighted by atomic mass is 10.2.